The first kappa shape index (κ1) is 12.0. The van der Waals surface area contributed by atoms with E-state index in [0.717, 1.165) is 17.8 Å². The smallest absolute Gasteiger partial charge is 0.250 e. The number of carbonyl (C=O) groups excluding carboxylic acids is 1. The Bertz CT molecular complexity index is 372. The summed E-state index contributed by atoms with van der Waals surface area (Å²) in [7, 11) is 0. The Balaban J connectivity index is 1.81. The summed E-state index contributed by atoms with van der Waals surface area (Å²) in [6, 6.07) is 3.89. The van der Waals surface area contributed by atoms with E-state index in [1.807, 2.05) is 19.1 Å². The van der Waals surface area contributed by atoms with E-state index in [1.54, 1.807) is 6.20 Å². The van der Waals surface area contributed by atoms with Gasteiger partial charge in [0.05, 0.1) is 6.61 Å². The van der Waals surface area contributed by atoms with Gasteiger partial charge >= 0.3 is 0 Å². The molecule has 0 aromatic carbocycles. The van der Waals surface area contributed by atoms with E-state index in [4.69, 9.17) is 4.74 Å². The molecule has 5 nitrogen and oxygen atoms in total. The average Bonchev–Trinajstić information content (AvgIpc) is 2.39. The van der Waals surface area contributed by atoms with Crippen LogP contribution in [0, 0.1) is 6.92 Å². The zero-order valence-corrected chi connectivity index (χ0v) is 9.90. The van der Waals surface area contributed by atoms with Gasteiger partial charge < -0.3 is 15.4 Å². The lowest BCUT2D eigenvalue weighted by atomic mass is 10.2. The van der Waals surface area contributed by atoms with Gasteiger partial charge in [0.1, 0.15) is 6.10 Å². The number of rotatable bonds is 3. The van der Waals surface area contributed by atoms with Crippen LogP contribution in [0.4, 0.5) is 0 Å². The normalized spacial score (nSPS) is 19.9. The van der Waals surface area contributed by atoms with E-state index in [2.05, 4.69) is 15.6 Å². The molecule has 1 fully saturated rings. The molecule has 0 bridgehead atoms. The van der Waals surface area contributed by atoms with Gasteiger partial charge in [0.2, 0.25) is 0 Å². The summed E-state index contributed by atoms with van der Waals surface area (Å²) < 4.78 is 5.36. The van der Waals surface area contributed by atoms with E-state index in [9.17, 15) is 4.79 Å². The Labute approximate surface area is 101 Å². The topological polar surface area (TPSA) is 63.2 Å². The molecule has 17 heavy (non-hydrogen) atoms. The summed E-state index contributed by atoms with van der Waals surface area (Å²) in [6.45, 7) is 4.41. The number of carbonyl (C=O) groups is 1. The lowest BCUT2D eigenvalue weighted by molar-refractivity contribution is -0.134. The minimum Gasteiger partial charge on any atom is -0.366 e. The number of pyridine rings is 1. The van der Waals surface area contributed by atoms with E-state index in [1.165, 1.54) is 0 Å². The Morgan fingerprint density at radius 3 is 3.18 bits per heavy atom. The Hall–Kier alpha value is -1.46. The molecule has 0 saturated carbocycles. The lowest BCUT2D eigenvalue weighted by Crippen LogP contribution is -2.47. The van der Waals surface area contributed by atoms with E-state index in [-0.39, 0.29) is 12.0 Å². The number of hydrogen-bond acceptors (Lipinski definition) is 4. The van der Waals surface area contributed by atoms with Gasteiger partial charge in [-0.05, 0) is 18.6 Å². The molecule has 1 amide bonds. The molecule has 92 valence electrons. The SMILES string of the molecule is Cc1ccc(CNC(=O)C2CNCCO2)cn1. The summed E-state index contributed by atoms with van der Waals surface area (Å²) >= 11 is 0. The number of aryl methyl sites for hydroxylation is 1. The van der Waals surface area contributed by atoms with Crippen LogP contribution in [0.1, 0.15) is 11.3 Å². The maximum atomic E-state index is 11.7. The van der Waals surface area contributed by atoms with E-state index < -0.39 is 0 Å². The quantitative estimate of drug-likeness (QED) is 0.774. The van der Waals surface area contributed by atoms with Crippen LogP contribution >= 0.6 is 0 Å². The van der Waals surface area contributed by atoms with Crippen molar-refractivity contribution in [2.24, 2.45) is 0 Å². The third-order valence-electron chi connectivity index (χ3n) is 2.66. The van der Waals surface area contributed by atoms with Gasteiger partial charge in [0, 0.05) is 31.5 Å². The van der Waals surface area contributed by atoms with Crippen LogP contribution in [0.25, 0.3) is 0 Å². The van der Waals surface area contributed by atoms with Crippen LogP contribution in [0.5, 0.6) is 0 Å². The van der Waals surface area contributed by atoms with Crippen LogP contribution < -0.4 is 10.6 Å². The highest BCUT2D eigenvalue weighted by Crippen LogP contribution is 2.00. The first-order valence-corrected chi connectivity index (χ1v) is 5.77. The van der Waals surface area contributed by atoms with Gasteiger partial charge in [0.25, 0.3) is 5.91 Å². The van der Waals surface area contributed by atoms with E-state index in [0.29, 0.717) is 19.7 Å². The van der Waals surface area contributed by atoms with E-state index >= 15 is 0 Å². The second-order valence-electron chi connectivity index (χ2n) is 4.09. The van der Waals surface area contributed by atoms with Crippen molar-refractivity contribution in [2.45, 2.75) is 19.6 Å². The van der Waals surface area contributed by atoms with Crippen molar-refractivity contribution >= 4 is 5.91 Å². The molecule has 1 aromatic heterocycles. The summed E-state index contributed by atoms with van der Waals surface area (Å²) in [5.74, 6) is -0.0715. The number of nitrogens with zero attached hydrogens (tertiary/aromatic N) is 1. The minimum atomic E-state index is -0.373. The van der Waals surface area contributed by atoms with Crippen molar-refractivity contribution in [3.63, 3.8) is 0 Å². The van der Waals surface area contributed by atoms with Gasteiger partial charge in [-0.25, -0.2) is 0 Å². The maximum absolute atomic E-state index is 11.7. The zero-order chi connectivity index (χ0) is 12.1. The fourth-order valence-corrected chi connectivity index (χ4v) is 1.64. The van der Waals surface area contributed by atoms with Gasteiger partial charge in [-0.2, -0.15) is 0 Å². The fourth-order valence-electron chi connectivity index (χ4n) is 1.64. The van der Waals surface area contributed by atoms with Gasteiger partial charge in [-0.3, -0.25) is 9.78 Å². The van der Waals surface area contributed by atoms with Crippen LogP contribution in [-0.2, 0) is 16.1 Å². The van der Waals surface area contributed by atoms with Crippen molar-refractivity contribution in [3.8, 4) is 0 Å². The second kappa shape index (κ2) is 5.75. The predicted molar refractivity (Wildman–Crippen MR) is 63.4 cm³/mol. The third kappa shape index (κ3) is 3.51. The number of hydrogen-bond donors (Lipinski definition) is 2. The van der Waals surface area contributed by atoms with Gasteiger partial charge in [0.15, 0.2) is 0 Å². The minimum absolute atomic E-state index is 0.0715. The molecule has 1 aliphatic rings. The number of ether oxygens (including phenoxy) is 1. The highest BCUT2D eigenvalue weighted by atomic mass is 16.5. The van der Waals surface area contributed by atoms with Gasteiger partial charge in [-0.1, -0.05) is 6.07 Å². The molecule has 0 aliphatic carbocycles. The van der Waals surface area contributed by atoms with Gasteiger partial charge in [-0.15, -0.1) is 0 Å². The van der Waals surface area contributed by atoms with Crippen LogP contribution in [-0.4, -0.2) is 36.7 Å². The standard InChI is InChI=1S/C12H17N3O2/c1-9-2-3-10(6-14-9)7-15-12(16)11-8-13-4-5-17-11/h2-3,6,11,13H,4-5,7-8H2,1H3,(H,15,16). The first-order valence-electron chi connectivity index (χ1n) is 5.77. The predicted octanol–water partition coefficient (Wildman–Crippen LogP) is -0.00538. The molecular formula is C12H17N3O2. The molecule has 1 saturated heterocycles. The van der Waals surface area contributed by atoms with Crippen molar-refractivity contribution in [3.05, 3.63) is 29.6 Å². The lowest BCUT2D eigenvalue weighted by Gasteiger charge is -2.22. The third-order valence-corrected chi connectivity index (χ3v) is 2.66. The van der Waals surface area contributed by atoms with Crippen molar-refractivity contribution in [2.75, 3.05) is 19.7 Å². The average molecular weight is 235 g/mol. The van der Waals surface area contributed by atoms with Crippen LogP contribution in [0.3, 0.4) is 0 Å². The molecule has 5 heteroatoms. The molecule has 1 aromatic rings. The van der Waals surface area contributed by atoms with Crippen LogP contribution in [0.2, 0.25) is 0 Å². The summed E-state index contributed by atoms with van der Waals surface area (Å²) in [5.41, 5.74) is 1.97. The van der Waals surface area contributed by atoms with Crippen LogP contribution in [0.15, 0.2) is 18.3 Å². The van der Waals surface area contributed by atoms with Crippen molar-refractivity contribution in [1.82, 2.24) is 15.6 Å². The largest absolute Gasteiger partial charge is 0.366 e. The summed E-state index contributed by atoms with van der Waals surface area (Å²) in [6.07, 6.45) is 1.40. The molecule has 2 N–H and O–H groups in total. The second-order valence-corrected chi connectivity index (χ2v) is 4.09. The Kier molecular flexibility index (Phi) is 4.06. The number of aromatic nitrogens is 1. The molecule has 1 aliphatic heterocycles. The zero-order valence-electron chi connectivity index (χ0n) is 9.90. The Morgan fingerprint density at radius 2 is 2.53 bits per heavy atom. The molecule has 1 atom stereocenters. The number of amides is 1. The summed E-state index contributed by atoms with van der Waals surface area (Å²) in [4.78, 5) is 15.9. The summed E-state index contributed by atoms with van der Waals surface area (Å²) in [5, 5.41) is 5.97. The molecule has 1 unspecified atom stereocenters. The molecule has 2 heterocycles. The fraction of sp³-hybridized carbons (Fsp3) is 0.500. The highest BCUT2D eigenvalue weighted by Gasteiger charge is 2.20. The highest BCUT2D eigenvalue weighted by molar-refractivity contribution is 5.81. The van der Waals surface area contributed by atoms with Crippen molar-refractivity contribution in [1.29, 1.82) is 0 Å². The Morgan fingerprint density at radius 1 is 1.65 bits per heavy atom. The molecule has 0 spiro atoms. The molecule has 0 radical (unpaired) electrons. The first-order chi connectivity index (χ1) is 8.25. The molecule has 2 rings (SSSR count). The number of nitrogens with one attached hydrogen (secondary N) is 2. The van der Waals surface area contributed by atoms with Crippen molar-refractivity contribution < 1.29 is 9.53 Å². The maximum Gasteiger partial charge on any atom is 0.250 e. The monoisotopic (exact) mass is 235 g/mol. The number of morpholine rings is 1. The molecular weight excluding hydrogens is 218 g/mol.